The third kappa shape index (κ3) is 4.26. The van der Waals surface area contributed by atoms with E-state index < -0.39 is 0 Å². The summed E-state index contributed by atoms with van der Waals surface area (Å²) < 4.78 is 0. The van der Waals surface area contributed by atoms with Gasteiger partial charge in [-0.15, -0.1) is 11.8 Å². The highest BCUT2D eigenvalue weighted by atomic mass is 35.5. The molecule has 2 rings (SSSR count). The number of hydrogen-bond donors (Lipinski definition) is 1. The molecule has 110 valence electrons. The van der Waals surface area contributed by atoms with Gasteiger partial charge in [0.1, 0.15) is 0 Å². The largest absolute Gasteiger partial charge is 0.325 e. The topological polar surface area (TPSA) is 29.1 Å². The summed E-state index contributed by atoms with van der Waals surface area (Å²) in [6.07, 6.45) is 0.898. The van der Waals surface area contributed by atoms with Gasteiger partial charge in [-0.25, -0.2) is 0 Å². The second-order valence-electron chi connectivity index (χ2n) is 4.73. The number of aryl methyl sites for hydroxylation is 2. The van der Waals surface area contributed by atoms with Crippen LogP contribution in [0.3, 0.4) is 0 Å². The van der Waals surface area contributed by atoms with Crippen LogP contribution in [0.2, 0.25) is 5.02 Å². The van der Waals surface area contributed by atoms with E-state index in [1.54, 1.807) is 0 Å². The average molecular weight is 320 g/mol. The van der Waals surface area contributed by atoms with Gasteiger partial charge in [0.05, 0.1) is 10.8 Å². The van der Waals surface area contributed by atoms with Crippen LogP contribution in [-0.4, -0.2) is 11.7 Å². The second kappa shape index (κ2) is 7.53. The van der Waals surface area contributed by atoms with Crippen LogP contribution in [0, 0.1) is 6.92 Å². The number of hydrogen-bond acceptors (Lipinski definition) is 2. The van der Waals surface area contributed by atoms with Crippen LogP contribution in [0.5, 0.6) is 0 Å². The fraction of sp³-hybridized carbons (Fsp3) is 0.235. The third-order valence-electron chi connectivity index (χ3n) is 3.20. The normalized spacial score (nSPS) is 10.4. The number of para-hydroxylation sites is 1. The van der Waals surface area contributed by atoms with Crippen LogP contribution in [0.1, 0.15) is 18.1 Å². The van der Waals surface area contributed by atoms with Crippen molar-refractivity contribution in [3.63, 3.8) is 0 Å². The zero-order valence-electron chi connectivity index (χ0n) is 12.2. The van der Waals surface area contributed by atoms with Gasteiger partial charge in [0.2, 0.25) is 5.91 Å². The fourth-order valence-corrected chi connectivity index (χ4v) is 3.12. The van der Waals surface area contributed by atoms with Gasteiger partial charge >= 0.3 is 0 Å². The number of carbonyl (C=O) groups excluding carboxylic acids is 1. The molecule has 0 atom stereocenters. The lowest BCUT2D eigenvalue weighted by Crippen LogP contribution is -2.16. The van der Waals surface area contributed by atoms with Gasteiger partial charge in [0, 0.05) is 10.6 Å². The molecule has 0 fully saturated rings. The Labute approximate surface area is 134 Å². The Morgan fingerprint density at radius 1 is 1.19 bits per heavy atom. The summed E-state index contributed by atoms with van der Waals surface area (Å²) in [7, 11) is 0. The van der Waals surface area contributed by atoms with E-state index in [2.05, 4.69) is 12.2 Å². The molecule has 1 amide bonds. The number of benzene rings is 2. The van der Waals surface area contributed by atoms with Crippen molar-refractivity contribution in [2.75, 3.05) is 11.1 Å². The number of carbonyl (C=O) groups is 1. The maximum absolute atomic E-state index is 12.1. The monoisotopic (exact) mass is 319 g/mol. The van der Waals surface area contributed by atoms with Crippen LogP contribution in [0.4, 0.5) is 5.69 Å². The Bertz CT molecular complexity index is 642. The first-order valence-corrected chi connectivity index (χ1v) is 8.24. The van der Waals surface area contributed by atoms with E-state index in [-0.39, 0.29) is 5.91 Å². The molecule has 2 aromatic carbocycles. The lowest BCUT2D eigenvalue weighted by Gasteiger charge is -2.13. The maximum atomic E-state index is 12.1. The summed E-state index contributed by atoms with van der Waals surface area (Å²) >= 11 is 7.54. The molecule has 0 spiro atoms. The van der Waals surface area contributed by atoms with Gasteiger partial charge in [-0.05, 0) is 36.6 Å². The highest BCUT2D eigenvalue weighted by Crippen LogP contribution is 2.27. The van der Waals surface area contributed by atoms with Crippen molar-refractivity contribution in [2.24, 2.45) is 0 Å². The van der Waals surface area contributed by atoms with E-state index in [9.17, 15) is 4.79 Å². The molecular weight excluding hydrogens is 302 g/mol. The molecule has 0 aliphatic carbocycles. The van der Waals surface area contributed by atoms with E-state index in [4.69, 9.17) is 11.6 Å². The third-order valence-corrected chi connectivity index (χ3v) is 4.71. The molecule has 0 heterocycles. The Kier molecular flexibility index (Phi) is 5.71. The van der Waals surface area contributed by atoms with Crippen molar-refractivity contribution in [1.82, 2.24) is 0 Å². The maximum Gasteiger partial charge on any atom is 0.234 e. The fourth-order valence-electron chi connectivity index (χ4n) is 2.08. The molecule has 2 aromatic rings. The number of thioether (sulfide) groups is 1. The second-order valence-corrected chi connectivity index (χ2v) is 6.15. The minimum Gasteiger partial charge on any atom is -0.325 e. The van der Waals surface area contributed by atoms with Crippen molar-refractivity contribution in [1.29, 1.82) is 0 Å². The number of nitrogens with one attached hydrogen (secondary N) is 1. The molecule has 21 heavy (non-hydrogen) atoms. The van der Waals surface area contributed by atoms with Gasteiger partial charge < -0.3 is 5.32 Å². The minimum atomic E-state index is -0.0103. The number of anilines is 1. The lowest BCUT2D eigenvalue weighted by molar-refractivity contribution is -0.113. The van der Waals surface area contributed by atoms with Crippen molar-refractivity contribution in [3.8, 4) is 0 Å². The molecule has 1 N–H and O–H groups in total. The summed E-state index contributed by atoms with van der Waals surface area (Å²) in [5, 5.41) is 3.70. The van der Waals surface area contributed by atoms with Crippen LogP contribution < -0.4 is 5.32 Å². The van der Waals surface area contributed by atoms with Crippen LogP contribution in [-0.2, 0) is 11.2 Å². The SMILES string of the molecule is CCc1cccc(C)c1NC(=O)CSc1ccccc1Cl. The van der Waals surface area contributed by atoms with E-state index >= 15 is 0 Å². The van der Waals surface area contributed by atoms with Gasteiger partial charge in [-0.1, -0.05) is 48.9 Å². The van der Waals surface area contributed by atoms with E-state index in [0.717, 1.165) is 28.1 Å². The number of halogens is 1. The van der Waals surface area contributed by atoms with Gasteiger partial charge in [0.25, 0.3) is 0 Å². The predicted molar refractivity (Wildman–Crippen MR) is 91.4 cm³/mol. The summed E-state index contributed by atoms with van der Waals surface area (Å²) in [5.41, 5.74) is 3.18. The Morgan fingerprint density at radius 2 is 1.95 bits per heavy atom. The Balaban J connectivity index is 2.01. The van der Waals surface area contributed by atoms with E-state index in [0.29, 0.717) is 10.8 Å². The van der Waals surface area contributed by atoms with Crippen molar-refractivity contribution >= 4 is 35.0 Å². The van der Waals surface area contributed by atoms with Gasteiger partial charge in [-0.3, -0.25) is 4.79 Å². The zero-order chi connectivity index (χ0) is 15.2. The molecule has 0 unspecified atom stereocenters. The molecule has 0 aliphatic heterocycles. The average Bonchev–Trinajstić information content (AvgIpc) is 2.48. The molecule has 0 bridgehead atoms. The molecule has 4 heteroatoms. The lowest BCUT2D eigenvalue weighted by atomic mass is 10.1. The van der Waals surface area contributed by atoms with E-state index in [1.165, 1.54) is 11.8 Å². The van der Waals surface area contributed by atoms with Crippen molar-refractivity contribution < 1.29 is 4.79 Å². The Morgan fingerprint density at radius 3 is 2.67 bits per heavy atom. The van der Waals surface area contributed by atoms with Crippen LogP contribution in [0.25, 0.3) is 0 Å². The molecule has 0 saturated heterocycles. The van der Waals surface area contributed by atoms with Crippen molar-refractivity contribution in [3.05, 3.63) is 58.6 Å². The number of amides is 1. The first-order chi connectivity index (χ1) is 10.1. The molecule has 0 aliphatic rings. The standard InChI is InChI=1S/C17H18ClNOS/c1-3-13-8-6-7-12(2)17(13)19-16(20)11-21-15-10-5-4-9-14(15)18/h4-10H,3,11H2,1-2H3,(H,19,20). The Hall–Kier alpha value is -1.45. The molecule has 0 aromatic heterocycles. The summed E-state index contributed by atoms with van der Waals surface area (Å²) in [4.78, 5) is 13.1. The predicted octanol–water partition coefficient (Wildman–Crippen LogP) is 4.94. The number of rotatable bonds is 5. The first-order valence-electron chi connectivity index (χ1n) is 6.87. The molecule has 0 radical (unpaired) electrons. The van der Waals surface area contributed by atoms with Crippen LogP contribution in [0.15, 0.2) is 47.4 Å². The molecular formula is C17H18ClNOS. The highest BCUT2D eigenvalue weighted by molar-refractivity contribution is 8.00. The smallest absolute Gasteiger partial charge is 0.234 e. The van der Waals surface area contributed by atoms with E-state index in [1.807, 2.05) is 49.4 Å². The first kappa shape index (κ1) is 15.9. The summed E-state index contributed by atoms with van der Waals surface area (Å²) in [5.74, 6) is 0.338. The highest BCUT2D eigenvalue weighted by Gasteiger charge is 2.10. The van der Waals surface area contributed by atoms with Gasteiger partial charge in [0.15, 0.2) is 0 Å². The molecule has 2 nitrogen and oxygen atoms in total. The van der Waals surface area contributed by atoms with Crippen molar-refractivity contribution in [2.45, 2.75) is 25.2 Å². The summed E-state index contributed by atoms with van der Waals surface area (Å²) in [6.45, 7) is 4.10. The quantitative estimate of drug-likeness (QED) is 0.791. The molecule has 0 saturated carbocycles. The zero-order valence-corrected chi connectivity index (χ0v) is 13.7. The van der Waals surface area contributed by atoms with Gasteiger partial charge in [-0.2, -0.15) is 0 Å². The minimum absolute atomic E-state index is 0.0103. The summed E-state index contributed by atoms with van der Waals surface area (Å²) in [6, 6.07) is 13.6. The van der Waals surface area contributed by atoms with Crippen LogP contribution >= 0.6 is 23.4 Å².